The molecule has 15 rings (SSSR count). The topological polar surface area (TPSA) is 334 Å². The lowest BCUT2D eigenvalue weighted by molar-refractivity contribution is -0.151. The molecule has 0 aromatic heterocycles. The molecule has 6 heterocycles. The lowest BCUT2D eigenvalue weighted by Crippen LogP contribution is -2.74. The van der Waals surface area contributed by atoms with E-state index >= 15 is 0 Å². The molecule has 6 aliphatic carbocycles. The maximum absolute atomic E-state index is 12.4. The zero-order valence-corrected chi connectivity index (χ0v) is 43.2. The summed E-state index contributed by atoms with van der Waals surface area (Å²) in [6, 6.07) is 11.1. The highest BCUT2D eigenvalue weighted by molar-refractivity contribution is 7.80. The third-order valence-electron chi connectivity index (χ3n) is 18.2. The van der Waals surface area contributed by atoms with E-state index in [9.17, 15) is 35.1 Å². The van der Waals surface area contributed by atoms with E-state index in [4.69, 9.17) is 54.0 Å². The number of piperidine rings is 3. The maximum Gasteiger partial charge on any atom is 0.526 e. The highest BCUT2D eigenvalue weighted by Crippen LogP contribution is 2.66. The number of methoxy groups -OCH3 is 1. The molecule has 11 atom stereocenters. The van der Waals surface area contributed by atoms with Gasteiger partial charge < -0.3 is 49.0 Å². The van der Waals surface area contributed by atoms with E-state index in [-0.39, 0.29) is 52.4 Å². The number of benzene rings is 3. The normalized spacial score (nSPS) is 35.4. The minimum Gasteiger partial charge on any atom is -0.504 e. The Hall–Kier alpha value is -5.90. The number of carbonyl (C=O) groups is 2. The smallest absolute Gasteiger partial charge is 0.504 e. The van der Waals surface area contributed by atoms with Gasteiger partial charge in [-0.15, -0.1) is 8.42 Å². The van der Waals surface area contributed by atoms with Crippen molar-refractivity contribution in [3.05, 3.63) is 118 Å². The number of hydrogen-bond acceptors (Lipinski definition) is 18. The lowest BCUT2D eigenvalue weighted by Gasteiger charge is -2.60. The number of allylic oxidation sites excluding steroid dienone is 2. The van der Waals surface area contributed by atoms with Crippen LogP contribution in [0.4, 0.5) is 0 Å². The summed E-state index contributed by atoms with van der Waals surface area (Å²) >= 11 is 0. The molecule has 406 valence electrons. The van der Waals surface area contributed by atoms with E-state index in [0.717, 1.165) is 60.5 Å². The first-order valence-corrected chi connectivity index (χ1v) is 27.4. The molecule has 76 heavy (non-hydrogen) atoms. The number of likely N-dealkylation sites (N-methyl/N-ethyl adjacent to an activating group) is 3. The first-order valence-electron chi connectivity index (χ1n) is 24.6. The predicted octanol–water partition coefficient (Wildman–Crippen LogP) is 1.02. The Morgan fingerprint density at radius 1 is 0.605 bits per heavy atom. The molecule has 3 aromatic rings. The van der Waals surface area contributed by atoms with Crippen LogP contribution < -0.4 is 14.2 Å². The molecule has 22 nitrogen and oxygen atoms in total. The van der Waals surface area contributed by atoms with Crippen molar-refractivity contribution in [1.29, 1.82) is 0 Å². The van der Waals surface area contributed by atoms with Crippen LogP contribution in [0.15, 0.2) is 84.2 Å². The van der Waals surface area contributed by atoms with Gasteiger partial charge in [-0.25, -0.2) is 4.55 Å². The lowest BCUT2D eigenvalue weighted by atomic mass is 9.51. The zero-order chi connectivity index (χ0) is 54.6. The molecule has 3 unspecified atom stereocenters. The summed E-state index contributed by atoms with van der Waals surface area (Å²) < 4.78 is 85.5. The van der Waals surface area contributed by atoms with Crippen molar-refractivity contribution >= 4 is 32.4 Å². The molecule has 0 saturated carbocycles. The summed E-state index contributed by atoms with van der Waals surface area (Å²) in [5.74, 6) is 2.39. The molecule has 3 saturated heterocycles. The van der Waals surface area contributed by atoms with Gasteiger partial charge in [0.15, 0.2) is 64.4 Å². The molecule has 6 bridgehead atoms. The fourth-order valence-electron chi connectivity index (χ4n) is 15.2. The minimum atomic E-state index is -4.67. The highest BCUT2D eigenvalue weighted by Gasteiger charge is 2.73. The molecule has 3 fully saturated rings. The van der Waals surface area contributed by atoms with Crippen LogP contribution in [-0.4, -0.2) is 182 Å². The zero-order valence-electron chi connectivity index (χ0n) is 41.6. The number of phenolic OH excluding ortho intramolecular Hbond substituents is 3. The summed E-state index contributed by atoms with van der Waals surface area (Å²) in [4.78, 5) is 31.6. The second kappa shape index (κ2) is 17.3. The molecule has 3 aromatic carbocycles. The van der Waals surface area contributed by atoms with Crippen molar-refractivity contribution in [3.63, 3.8) is 0 Å². The van der Waals surface area contributed by atoms with Gasteiger partial charge in [0.2, 0.25) is 0 Å². The first kappa shape index (κ1) is 52.2. The predicted molar refractivity (Wildman–Crippen MR) is 268 cm³/mol. The standard InChI is InChI=1S/C18H19NO3.2C17H17NO4.2H2O4S/c1-19-8-7-18-11-4-6-14(21-2)17(18)22-16-13(20)5-3-10(15(16)18)9-12(11)19;2*1-18-7-6-16-13-9-2-3-10(19)14(13)22-15(16)11(20)4-5-17(16,21)12(18)8-9;2*1-5(2,3)4/h3-6,12,17,20H,7-9H2,1-2H3;2*2-5,12,15,19,21H,6-8H2,1H3;2*(H2,1,2,3,4)/p+1/t12-,17?,18+;2*12-,15?,16+,17-;;/m111../s1. The van der Waals surface area contributed by atoms with E-state index in [2.05, 4.69) is 33.9 Å². The van der Waals surface area contributed by atoms with Crippen LogP contribution in [0.1, 0.15) is 52.6 Å². The third kappa shape index (κ3) is 7.22. The van der Waals surface area contributed by atoms with Gasteiger partial charge in [0, 0.05) is 34.8 Å². The molecule has 0 radical (unpaired) electrons. The largest absolute Gasteiger partial charge is 0.526 e. The van der Waals surface area contributed by atoms with Gasteiger partial charge in [-0.1, -0.05) is 24.3 Å². The van der Waals surface area contributed by atoms with Crippen molar-refractivity contribution in [2.24, 2.45) is 0 Å². The Morgan fingerprint density at radius 3 is 1.43 bits per heavy atom. The van der Waals surface area contributed by atoms with E-state index in [1.807, 2.05) is 32.3 Å². The van der Waals surface area contributed by atoms with Crippen LogP contribution in [0.3, 0.4) is 0 Å². The Bertz CT molecular complexity index is 3230. The number of ether oxygens (including phenoxy) is 4. The maximum atomic E-state index is 12.4. The number of carbonyl (C=O) groups excluding carboxylic acids is 2. The fourth-order valence-corrected chi connectivity index (χ4v) is 15.2. The van der Waals surface area contributed by atoms with Gasteiger partial charge >= 0.3 is 20.8 Å². The van der Waals surface area contributed by atoms with Crippen molar-refractivity contribution in [3.8, 4) is 34.5 Å². The quantitative estimate of drug-likeness (QED) is 0.125. The molecule has 24 heteroatoms. The van der Waals surface area contributed by atoms with Gasteiger partial charge in [-0.3, -0.25) is 33.4 Å². The summed E-state index contributed by atoms with van der Waals surface area (Å²) in [6.45, 7) is 2.62. The highest BCUT2D eigenvalue weighted by atomic mass is 32.3. The number of nitrogens with zero attached hydrogens (tertiary/aromatic N) is 3. The van der Waals surface area contributed by atoms with E-state index in [1.165, 1.54) is 28.9 Å². The monoisotopic (exact) mass is 1090 g/mol. The van der Waals surface area contributed by atoms with Gasteiger partial charge in [0.25, 0.3) is 0 Å². The van der Waals surface area contributed by atoms with Gasteiger partial charge in [-0.2, -0.15) is 8.42 Å². The van der Waals surface area contributed by atoms with Gasteiger partial charge in [0.1, 0.15) is 17.0 Å². The Morgan fingerprint density at radius 2 is 1.00 bits per heavy atom. The number of aromatic hydroxyl groups is 3. The number of rotatable bonds is 1. The van der Waals surface area contributed by atoms with Crippen LogP contribution in [0.5, 0.6) is 34.5 Å². The molecule has 6 aliphatic heterocycles. The van der Waals surface area contributed by atoms with E-state index in [1.54, 1.807) is 37.5 Å². The average Bonchev–Trinajstić information content (AvgIpc) is 3.57. The van der Waals surface area contributed by atoms with Crippen LogP contribution >= 0.6 is 0 Å². The molecule has 10 N–H and O–H groups in total. The number of ketones is 2. The third-order valence-corrected chi connectivity index (χ3v) is 18.2. The number of likely N-dealkylation sites (tertiary alicyclic amines) is 3. The Labute approximate surface area is 436 Å². The van der Waals surface area contributed by atoms with Gasteiger partial charge in [0.05, 0.1) is 23.4 Å². The molecule has 0 amide bonds. The molecular weight excluding hydrogens is 1030 g/mol. The van der Waals surface area contributed by atoms with Crippen LogP contribution in [-0.2, 0) is 70.6 Å². The van der Waals surface area contributed by atoms with Crippen molar-refractivity contribution in [2.75, 3.05) is 47.9 Å². The molecular formula is C52H58N3O19S2+. The van der Waals surface area contributed by atoms with Gasteiger partial charge in [-0.05, 0) is 150 Å². The van der Waals surface area contributed by atoms with Crippen molar-refractivity contribution in [2.45, 2.75) is 102 Å². The summed E-state index contributed by atoms with van der Waals surface area (Å²) in [7, 11) is -1.16. The molecule has 3 spiro atoms. The number of hydrogen-bond donors (Lipinski definition) is 8. The second-order valence-electron chi connectivity index (χ2n) is 21.5. The summed E-state index contributed by atoms with van der Waals surface area (Å²) in [5, 5.41) is 53.8. The second-order valence-corrected chi connectivity index (χ2v) is 23.4. The minimum absolute atomic E-state index is 0.0510. The van der Waals surface area contributed by atoms with Crippen LogP contribution in [0, 0.1) is 0 Å². The van der Waals surface area contributed by atoms with Crippen molar-refractivity contribution in [1.82, 2.24) is 14.7 Å². The van der Waals surface area contributed by atoms with E-state index < -0.39 is 55.0 Å². The summed E-state index contributed by atoms with van der Waals surface area (Å²) in [6.07, 6.45) is 13.5. The first-order chi connectivity index (χ1) is 35.6. The summed E-state index contributed by atoms with van der Waals surface area (Å²) in [5.41, 5.74) is 3.81. The average molecular weight is 1090 g/mol. The number of aliphatic hydroxyl groups is 2. The Kier molecular flexibility index (Phi) is 11.9. The van der Waals surface area contributed by atoms with Crippen LogP contribution in [0.2, 0.25) is 0 Å². The number of phenols is 3. The van der Waals surface area contributed by atoms with Crippen LogP contribution in [0.25, 0.3) is 0 Å². The Balaban J connectivity index is 0.000000112. The van der Waals surface area contributed by atoms with E-state index in [0.29, 0.717) is 49.0 Å². The molecule has 12 aliphatic rings. The fraction of sp³-hybridized carbons (Fsp3) is 0.462. The SMILES string of the molecule is CN1CC[C@]23c4c5ccc(O)c4OC2C(=O)C=C[C@@]3(O)[C@H]1C5.CN1CC[C@]23c4c5ccc(O)c4OC2C(=O)C=C[C@@]3(O)[C@H]1C5.COC1=CC=C2[C@H]3Cc4ccc(O)c5c4[C@@]2(CCN3C)C1O5.O=S(=O)(O)O.O=S(=O)(O)[OH2+]. The van der Waals surface area contributed by atoms with Crippen molar-refractivity contribution < 1.29 is 89.1 Å².